The van der Waals surface area contributed by atoms with Crippen molar-refractivity contribution in [2.45, 2.75) is 123 Å². The van der Waals surface area contributed by atoms with Crippen molar-refractivity contribution >= 4 is 14.3 Å². The van der Waals surface area contributed by atoms with Gasteiger partial charge in [-0.15, -0.1) is 0 Å². The Morgan fingerprint density at radius 2 is 1.40 bits per heavy atom. The fraction of sp³-hybridized carbons (Fsp3) is 0.606. The second-order valence-corrected chi connectivity index (χ2v) is 18.8. The number of rotatable bonds is 11. The summed E-state index contributed by atoms with van der Waals surface area (Å²) in [6, 6.07) is 20.4. The average molecular weight is 570 g/mol. The van der Waals surface area contributed by atoms with E-state index in [-0.39, 0.29) is 35.7 Å². The maximum Gasteiger partial charge on any atom is 0.308 e. The lowest BCUT2D eigenvalue weighted by molar-refractivity contribution is -0.164. The van der Waals surface area contributed by atoms with Gasteiger partial charge >= 0.3 is 5.97 Å². The third kappa shape index (κ3) is 9.52. The largest absolute Gasteiger partial charge is 0.460 e. The summed E-state index contributed by atoms with van der Waals surface area (Å²) in [5.41, 5.74) is 1.75. The van der Waals surface area contributed by atoms with E-state index >= 15 is 0 Å². The van der Waals surface area contributed by atoms with Crippen molar-refractivity contribution in [1.29, 1.82) is 0 Å². The number of benzene rings is 2. The zero-order chi connectivity index (χ0) is 29.8. The van der Waals surface area contributed by atoms with Crippen LogP contribution in [0.4, 0.5) is 0 Å². The molecule has 0 aromatic heterocycles. The predicted molar refractivity (Wildman–Crippen MR) is 163 cm³/mol. The van der Waals surface area contributed by atoms with Crippen LogP contribution in [0.5, 0.6) is 0 Å². The van der Waals surface area contributed by atoms with E-state index < -0.39 is 19.7 Å². The molecule has 0 aliphatic carbocycles. The van der Waals surface area contributed by atoms with E-state index in [1.165, 1.54) is 11.1 Å². The maximum absolute atomic E-state index is 13.4. The van der Waals surface area contributed by atoms with Crippen LogP contribution in [0.3, 0.4) is 0 Å². The summed E-state index contributed by atoms with van der Waals surface area (Å²) in [5, 5.41) is 0.0695. The van der Waals surface area contributed by atoms with Crippen molar-refractivity contribution in [2.75, 3.05) is 6.61 Å². The molecule has 1 saturated heterocycles. The van der Waals surface area contributed by atoms with E-state index in [0.29, 0.717) is 19.7 Å². The first-order valence-corrected chi connectivity index (χ1v) is 17.4. The molecule has 40 heavy (non-hydrogen) atoms. The van der Waals surface area contributed by atoms with Crippen molar-refractivity contribution in [2.24, 2.45) is 0 Å². The molecule has 222 valence electrons. The SMILES string of the molecule is CC(C)(C)OC(=O)C[C@@H]([C@@H]1OC(C)(C)O[C@H]1CO[Si](C)(C)C(C)(C)C)N(Cc1ccccc1)Cc1ccccc1. The highest BCUT2D eigenvalue weighted by molar-refractivity contribution is 6.74. The van der Waals surface area contributed by atoms with Gasteiger partial charge in [-0.1, -0.05) is 81.4 Å². The van der Waals surface area contributed by atoms with Gasteiger partial charge in [-0.25, -0.2) is 0 Å². The zero-order valence-corrected chi connectivity index (χ0v) is 27.3. The minimum absolute atomic E-state index is 0.0695. The second kappa shape index (κ2) is 12.9. The first-order chi connectivity index (χ1) is 18.5. The van der Waals surface area contributed by atoms with Crippen LogP contribution in [0.1, 0.15) is 72.9 Å². The number of esters is 1. The monoisotopic (exact) mass is 569 g/mol. The molecule has 0 saturated carbocycles. The molecular formula is C33H51NO5Si. The van der Waals surface area contributed by atoms with Gasteiger partial charge in [-0.3, -0.25) is 9.69 Å². The molecule has 1 aliphatic rings. The minimum Gasteiger partial charge on any atom is -0.460 e. The van der Waals surface area contributed by atoms with Gasteiger partial charge in [0.25, 0.3) is 0 Å². The number of hydrogen-bond acceptors (Lipinski definition) is 6. The van der Waals surface area contributed by atoms with Gasteiger partial charge in [0.1, 0.15) is 17.8 Å². The van der Waals surface area contributed by atoms with Crippen LogP contribution in [0, 0.1) is 0 Å². The Morgan fingerprint density at radius 3 is 1.85 bits per heavy atom. The van der Waals surface area contributed by atoms with Crippen LogP contribution < -0.4 is 0 Å². The van der Waals surface area contributed by atoms with Gasteiger partial charge in [-0.2, -0.15) is 0 Å². The van der Waals surface area contributed by atoms with Gasteiger partial charge in [0.05, 0.1) is 13.0 Å². The summed E-state index contributed by atoms with van der Waals surface area (Å²) < 4.78 is 25.6. The van der Waals surface area contributed by atoms with Gasteiger partial charge in [0, 0.05) is 19.1 Å². The fourth-order valence-electron chi connectivity index (χ4n) is 4.76. The molecule has 0 spiro atoms. The summed E-state index contributed by atoms with van der Waals surface area (Å²) in [4.78, 5) is 15.7. The number of nitrogens with zero attached hydrogens (tertiary/aromatic N) is 1. The molecular weight excluding hydrogens is 518 g/mol. The predicted octanol–water partition coefficient (Wildman–Crippen LogP) is 7.33. The summed E-state index contributed by atoms with van der Waals surface area (Å²) in [7, 11) is -2.04. The molecule has 3 rings (SSSR count). The Labute approximate surface area is 243 Å². The van der Waals surface area contributed by atoms with Crippen LogP contribution >= 0.6 is 0 Å². The number of carbonyl (C=O) groups excluding carboxylic acids is 1. The molecule has 1 aliphatic heterocycles. The first kappa shape index (κ1) is 32.5. The van der Waals surface area contributed by atoms with Crippen LogP contribution in [-0.2, 0) is 36.5 Å². The summed E-state index contributed by atoms with van der Waals surface area (Å²) in [6.07, 6.45) is -0.539. The molecule has 1 fully saturated rings. The quantitative estimate of drug-likeness (QED) is 0.209. The third-order valence-corrected chi connectivity index (χ3v) is 12.2. The van der Waals surface area contributed by atoms with E-state index in [0.717, 1.165) is 0 Å². The number of ether oxygens (including phenoxy) is 3. The van der Waals surface area contributed by atoms with Crippen molar-refractivity contribution in [1.82, 2.24) is 4.90 Å². The lowest BCUT2D eigenvalue weighted by atomic mass is 9.98. The molecule has 3 atom stereocenters. The Bertz CT molecular complexity index is 1030. The Hall–Kier alpha value is -2.03. The molecule has 0 radical (unpaired) electrons. The smallest absolute Gasteiger partial charge is 0.308 e. The Kier molecular flexibility index (Phi) is 10.4. The Morgan fingerprint density at radius 1 is 0.900 bits per heavy atom. The highest BCUT2D eigenvalue weighted by atomic mass is 28.4. The normalized spacial score (nSPS) is 20.5. The van der Waals surface area contributed by atoms with E-state index in [4.69, 9.17) is 18.6 Å². The van der Waals surface area contributed by atoms with Crippen LogP contribution in [0.15, 0.2) is 60.7 Å². The topological polar surface area (TPSA) is 57.2 Å². The van der Waals surface area contributed by atoms with Gasteiger partial charge < -0.3 is 18.6 Å². The number of hydrogen-bond donors (Lipinski definition) is 0. The molecule has 7 heteroatoms. The third-order valence-electron chi connectivity index (χ3n) is 7.74. The first-order valence-electron chi connectivity index (χ1n) is 14.5. The molecule has 2 aromatic rings. The van der Waals surface area contributed by atoms with Crippen LogP contribution in [0.2, 0.25) is 18.1 Å². The van der Waals surface area contributed by atoms with Crippen molar-refractivity contribution < 1.29 is 23.4 Å². The molecule has 0 unspecified atom stereocenters. The molecule has 0 amide bonds. The highest BCUT2D eigenvalue weighted by Gasteiger charge is 2.49. The summed E-state index contributed by atoms with van der Waals surface area (Å²) in [6.45, 7) is 22.5. The van der Waals surface area contributed by atoms with Crippen molar-refractivity contribution in [3.05, 3.63) is 71.8 Å². The molecule has 0 bridgehead atoms. The minimum atomic E-state index is -2.04. The second-order valence-electron chi connectivity index (χ2n) is 13.9. The van der Waals surface area contributed by atoms with E-state index in [1.54, 1.807) is 0 Å². The van der Waals surface area contributed by atoms with Gasteiger partial charge in [0.2, 0.25) is 0 Å². The lowest BCUT2D eigenvalue weighted by Crippen LogP contribution is -2.51. The lowest BCUT2D eigenvalue weighted by Gasteiger charge is -2.39. The average Bonchev–Trinajstić information content (AvgIpc) is 3.14. The molecule has 1 heterocycles. The van der Waals surface area contributed by atoms with Crippen LogP contribution in [-0.4, -0.2) is 55.4 Å². The standard InChI is InChI=1S/C33H51NO5Si/c1-31(2,3)38-29(35)21-27(30-28(37-33(7,8)39-30)24-36-40(9,10)32(4,5)6)34(22-25-17-13-11-14-18-25)23-26-19-15-12-16-20-26/h11-20,27-28,30H,21-24H2,1-10H3/t27-,28-,30-/m0/s1. The fourth-order valence-corrected chi connectivity index (χ4v) is 5.77. The summed E-state index contributed by atoms with van der Waals surface area (Å²) >= 11 is 0. The zero-order valence-electron chi connectivity index (χ0n) is 26.3. The van der Waals surface area contributed by atoms with Crippen LogP contribution in [0.25, 0.3) is 0 Å². The maximum atomic E-state index is 13.4. The molecule has 0 N–H and O–H groups in total. The molecule has 6 nitrogen and oxygen atoms in total. The van der Waals surface area contributed by atoms with Crippen molar-refractivity contribution in [3.8, 4) is 0 Å². The van der Waals surface area contributed by atoms with E-state index in [9.17, 15) is 4.79 Å². The van der Waals surface area contributed by atoms with E-state index in [2.05, 4.69) is 63.0 Å². The highest BCUT2D eigenvalue weighted by Crippen LogP contribution is 2.39. The van der Waals surface area contributed by atoms with Gasteiger partial charge in [0.15, 0.2) is 14.1 Å². The van der Waals surface area contributed by atoms with E-state index in [1.807, 2.05) is 71.0 Å². The van der Waals surface area contributed by atoms with Gasteiger partial charge in [-0.05, 0) is 63.9 Å². The number of carbonyl (C=O) groups is 1. The summed E-state index contributed by atoms with van der Waals surface area (Å²) in [5.74, 6) is -1.05. The Balaban J connectivity index is 2.00. The van der Waals surface area contributed by atoms with Crippen molar-refractivity contribution in [3.63, 3.8) is 0 Å². The molecule has 2 aromatic carbocycles.